The van der Waals surface area contributed by atoms with Gasteiger partial charge < -0.3 is 14.9 Å². The Morgan fingerprint density at radius 3 is 2.43 bits per heavy atom. The molecule has 0 radical (unpaired) electrons. The highest BCUT2D eigenvalue weighted by atomic mass is 35.5. The van der Waals surface area contributed by atoms with Crippen molar-refractivity contribution in [2.45, 2.75) is 44.8 Å². The van der Waals surface area contributed by atoms with Crippen LogP contribution in [-0.4, -0.2) is 35.0 Å². The molecule has 118 valence electrons. The van der Waals surface area contributed by atoms with Gasteiger partial charge in [-0.3, -0.25) is 4.79 Å². The van der Waals surface area contributed by atoms with E-state index in [1.807, 2.05) is 0 Å². The van der Waals surface area contributed by atoms with Crippen LogP contribution in [0, 0.1) is 0 Å². The van der Waals surface area contributed by atoms with Gasteiger partial charge in [-0.1, -0.05) is 29.3 Å². The van der Waals surface area contributed by atoms with Crippen LogP contribution in [0.2, 0.25) is 10.0 Å². The van der Waals surface area contributed by atoms with Crippen LogP contribution in [0.25, 0.3) is 0 Å². The monoisotopic (exact) mass is 334 g/mol. The second kappa shape index (κ2) is 9.26. The first kappa shape index (κ1) is 18.2. The number of benzene rings is 1. The molecule has 2 unspecified atom stereocenters. The Morgan fingerprint density at radius 1 is 1.24 bits per heavy atom. The fraction of sp³-hybridized carbons (Fsp3) is 0.533. The molecule has 0 aromatic heterocycles. The minimum absolute atomic E-state index is 0.112. The van der Waals surface area contributed by atoms with E-state index in [-0.39, 0.29) is 19.4 Å². The van der Waals surface area contributed by atoms with E-state index >= 15 is 0 Å². The first-order chi connectivity index (χ1) is 9.93. The number of ether oxygens (including phenoxy) is 1. The quantitative estimate of drug-likeness (QED) is 0.717. The summed E-state index contributed by atoms with van der Waals surface area (Å²) in [4.78, 5) is 11.2. The molecule has 2 atom stereocenters. The van der Waals surface area contributed by atoms with Crippen molar-refractivity contribution < 1.29 is 19.7 Å². The fourth-order valence-electron chi connectivity index (χ4n) is 2.01. The molecule has 4 nitrogen and oxygen atoms in total. The van der Waals surface area contributed by atoms with Crippen molar-refractivity contribution in [3.05, 3.63) is 33.8 Å². The van der Waals surface area contributed by atoms with Gasteiger partial charge in [0.05, 0.1) is 25.2 Å². The number of aliphatic hydroxyl groups is 2. The van der Waals surface area contributed by atoms with Crippen LogP contribution in [0.1, 0.15) is 31.7 Å². The normalized spacial score (nSPS) is 13.8. The number of esters is 1. The van der Waals surface area contributed by atoms with Crippen molar-refractivity contribution in [1.82, 2.24) is 0 Å². The molecule has 1 aromatic carbocycles. The lowest BCUT2D eigenvalue weighted by Gasteiger charge is -2.15. The Balaban J connectivity index is 2.40. The molecule has 6 heteroatoms. The fourth-order valence-corrected chi connectivity index (χ4v) is 2.60. The van der Waals surface area contributed by atoms with Crippen LogP contribution in [0.5, 0.6) is 0 Å². The maximum Gasteiger partial charge on any atom is 0.308 e. The Labute approximate surface area is 134 Å². The maximum atomic E-state index is 11.2. The minimum Gasteiger partial charge on any atom is -0.466 e. The molecular weight excluding hydrogens is 315 g/mol. The highest BCUT2D eigenvalue weighted by Gasteiger charge is 2.17. The smallest absolute Gasteiger partial charge is 0.308 e. The molecule has 0 bridgehead atoms. The molecule has 0 aliphatic rings. The Kier molecular flexibility index (Phi) is 8.04. The number of rotatable bonds is 8. The lowest BCUT2D eigenvalue weighted by atomic mass is 10.0. The maximum absolute atomic E-state index is 11.2. The average Bonchev–Trinajstić information content (AvgIpc) is 2.37. The number of hydrogen-bond donors (Lipinski definition) is 2. The van der Waals surface area contributed by atoms with Gasteiger partial charge in [0.1, 0.15) is 0 Å². The molecule has 21 heavy (non-hydrogen) atoms. The van der Waals surface area contributed by atoms with E-state index in [1.165, 1.54) is 0 Å². The number of halogens is 2. The zero-order valence-corrected chi connectivity index (χ0v) is 13.4. The van der Waals surface area contributed by atoms with E-state index in [4.69, 9.17) is 27.9 Å². The van der Waals surface area contributed by atoms with Gasteiger partial charge in [0.25, 0.3) is 0 Å². The molecule has 0 amide bonds. The molecule has 0 heterocycles. The zero-order chi connectivity index (χ0) is 15.8. The molecule has 2 N–H and O–H groups in total. The van der Waals surface area contributed by atoms with Gasteiger partial charge in [0.15, 0.2) is 0 Å². The molecule has 1 aromatic rings. The van der Waals surface area contributed by atoms with Crippen LogP contribution in [-0.2, 0) is 16.0 Å². The molecule has 0 spiro atoms. The SMILES string of the molecule is CCOC(=O)CC(O)CC(O)CCc1c(Cl)cccc1Cl. The summed E-state index contributed by atoms with van der Waals surface area (Å²) in [5, 5.41) is 20.7. The second-order valence-corrected chi connectivity index (χ2v) is 5.61. The van der Waals surface area contributed by atoms with Crippen LogP contribution in [0.4, 0.5) is 0 Å². The summed E-state index contributed by atoms with van der Waals surface area (Å²) in [6.07, 6.45) is -0.740. The molecule has 1 rings (SSSR count). The number of hydrogen-bond acceptors (Lipinski definition) is 4. The third kappa shape index (κ3) is 6.66. The van der Waals surface area contributed by atoms with E-state index < -0.39 is 18.2 Å². The molecular formula is C15H20Cl2O4. The highest BCUT2D eigenvalue weighted by Crippen LogP contribution is 2.26. The van der Waals surface area contributed by atoms with E-state index in [2.05, 4.69) is 0 Å². The standard InChI is InChI=1S/C15H20Cl2O4/c1-2-21-15(20)9-11(19)8-10(18)6-7-12-13(16)4-3-5-14(12)17/h3-5,10-11,18-19H,2,6-9H2,1H3. The first-order valence-corrected chi connectivity index (χ1v) is 7.64. The summed E-state index contributed by atoms with van der Waals surface area (Å²) >= 11 is 12.1. The predicted molar refractivity (Wildman–Crippen MR) is 82.7 cm³/mol. The molecule has 0 fully saturated rings. The Bertz CT molecular complexity index is 445. The molecule has 0 aliphatic heterocycles. The lowest BCUT2D eigenvalue weighted by molar-refractivity contribution is -0.145. The predicted octanol–water partition coefficient (Wildman–Crippen LogP) is 2.99. The average molecular weight is 335 g/mol. The first-order valence-electron chi connectivity index (χ1n) is 6.88. The Hall–Kier alpha value is -0.810. The topological polar surface area (TPSA) is 66.8 Å². The van der Waals surface area contributed by atoms with Crippen molar-refractivity contribution >= 4 is 29.2 Å². The summed E-state index contributed by atoms with van der Waals surface area (Å²) in [6.45, 7) is 1.98. The van der Waals surface area contributed by atoms with Gasteiger partial charge in [-0.2, -0.15) is 0 Å². The molecule has 0 saturated carbocycles. The number of aliphatic hydroxyl groups excluding tert-OH is 2. The highest BCUT2D eigenvalue weighted by molar-refractivity contribution is 6.35. The van der Waals surface area contributed by atoms with Crippen molar-refractivity contribution in [3.63, 3.8) is 0 Å². The van der Waals surface area contributed by atoms with Gasteiger partial charge in [-0.15, -0.1) is 0 Å². The summed E-state index contributed by atoms with van der Waals surface area (Å²) in [7, 11) is 0. The van der Waals surface area contributed by atoms with E-state index in [0.29, 0.717) is 22.9 Å². The largest absolute Gasteiger partial charge is 0.466 e. The lowest BCUT2D eigenvalue weighted by Crippen LogP contribution is -2.22. The van der Waals surface area contributed by atoms with Crippen LogP contribution < -0.4 is 0 Å². The van der Waals surface area contributed by atoms with Gasteiger partial charge in [-0.25, -0.2) is 0 Å². The van der Waals surface area contributed by atoms with Crippen molar-refractivity contribution in [2.24, 2.45) is 0 Å². The van der Waals surface area contributed by atoms with Crippen molar-refractivity contribution in [1.29, 1.82) is 0 Å². The van der Waals surface area contributed by atoms with Gasteiger partial charge in [0, 0.05) is 10.0 Å². The number of carbonyl (C=O) groups is 1. The van der Waals surface area contributed by atoms with E-state index in [9.17, 15) is 15.0 Å². The van der Waals surface area contributed by atoms with Crippen molar-refractivity contribution in [3.8, 4) is 0 Å². The van der Waals surface area contributed by atoms with Gasteiger partial charge >= 0.3 is 5.97 Å². The minimum atomic E-state index is -0.916. The third-order valence-corrected chi connectivity index (χ3v) is 3.75. The van der Waals surface area contributed by atoms with Crippen LogP contribution in [0.3, 0.4) is 0 Å². The summed E-state index contributed by atoms with van der Waals surface area (Å²) in [5.74, 6) is -0.466. The summed E-state index contributed by atoms with van der Waals surface area (Å²) in [5.41, 5.74) is 0.778. The third-order valence-electron chi connectivity index (χ3n) is 3.04. The molecule has 0 saturated heterocycles. The van der Waals surface area contributed by atoms with E-state index in [1.54, 1.807) is 25.1 Å². The van der Waals surface area contributed by atoms with Crippen molar-refractivity contribution in [2.75, 3.05) is 6.61 Å². The number of carbonyl (C=O) groups excluding carboxylic acids is 1. The zero-order valence-electron chi connectivity index (χ0n) is 11.9. The Morgan fingerprint density at radius 2 is 1.86 bits per heavy atom. The second-order valence-electron chi connectivity index (χ2n) is 4.79. The van der Waals surface area contributed by atoms with E-state index in [0.717, 1.165) is 5.56 Å². The summed E-state index contributed by atoms with van der Waals surface area (Å²) in [6, 6.07) is 5.24. The molecule has 0 aliphatic carbocycles. The van der Waals surface area contributed by atoms with Gasteiger partial charge in [-0.05, 0) is 43.9 Å². The van der Waals surface area contributed by atoms with Gasteiger partial charge in [0.2, 0.25) is 0 Å². The van der Waals surface area contributed by atoms with Crippen LogP contribution >= 0.6 is 23.2 Å². The van der Waals surface area contributed by atoms with Crippen LogP contribution in [0.15, 0.2) is 18.2 Å². The summed E-state index contributed by atoms with van der Waals surface area (Å²) < 4.78 is 4.74.